The van der Waals surface area contributed by atoms with Crippen LogP contribution < -0.4 is 10.5 Å². The number of hydrogen-bond acceptors (Lipinski definition) is 4. The Morgan fingerprint density at radius 2 is 1.95 bits per heavy atom. The van der Waals surface area contributed by atoms with Crippen molar-refractivity contribution in [2.75, 3.05) is 0 Å². The van der Waals surface area contributed by atoms with E-state index in [0.717, 1.165) is 27.4 Å². The van der Waals surface area contributed by atoms with Gasteiger partial charge in [-0.15, -0.1) is 0 Å². The minimum absolute atomic E-state index is 0.144. The van der Waals surface area contributed by atoms with Crippen molar-refractivity contribution in [3.63, 3.8) is 0 Å². The number of benzene rings is 1. The van der Waals surface area contributed by atoms with Gasteiger partial charge >= 0.3 is 6.01 Å². The highest BCUT2D eigenvalue weighted by molar-refractivity contribution is 9.11. The van der Waals surface area contributed by atoms with Crippen molar-refractivity contribution in [3.05, 3.63) is 45.1 Å². The van der Waals surface area contributed by atoms with Crippen LogP contribution in [0.3, 0.4) is 0 Å². The van der Waals surface area contributed by atoms with Crippen LogP contribution in [0.15, 0.2) is 39.5 Å². The zero-order valence-electron chi connectivity index (χ0n) is 11.0. The van der Waals surface area contributed by atoms with Gasteiger partial charge < -0.3 is 10.5 Å². The Kier molecular flexibility index (Phi) is 5.51. The highest BCUT2D eigenvalue weighted by Crippen LogP contribution is 2.30. The van der Waals surface area contributed by atoms with E-state index in [-0.39, 0.29) is 6.04 Å². The highest BCUT2D eigenvalue weighted by Gasteiger charge is 2.07. The molecular formula is C14H15Br2N3O. The molecular weight excluding hydrogens is 386 g/mol. The van der Waals surface area contributed by atoms with Crippen LogP contribution in [0.1, 0.15) is 18.9 Å². The van der Waals surface area contributed by atoms with E-state index in [1.54, 1.807) is 12.4 Å². The molecule has 0 aliphatic heterocycles. The molecule has 1 heterocycles. The smallest absolute Gasteiger partial charge is 0.321 e. The molecule has 0 radical (unpaired) electrons. The fraction of sp³-hybridized carbons (Fsp3) is 0.286. The van der Waals surface area contributed by atoms with Crippen LogP contribution in [0, 0.1) is 0 Å². The monoisotopic (exact) mass is 399 g/mol. The molecule has 0 amide bonds. The number of nitrogens with zero attached hydrogens (tertiary/aromatic N) is 2. The zero-order valence-corrected chi connectivity index (χ0v) is 14.2. The van der Waals surface area contributed by atoms with Crippen LogP contribution >= 0.6 is 31.9 Å². The van der Waals surface area contributed by atoms with Gasteiger partial charge in [0.2, 0.25) is 0 Å². The minimum atomic E-state index is 0.144. The Morgan fingerprint density at radius 1 is 1.25 bits per heavy atom. The van der Waals surface area contributed by atoms with E-state index >= 15 is 0 Å². The average Bonchev–Trinajstić information content (AvgIpc) is 2.44. The van der Waals surface area contributed by atoms with Crippen molar-refractivity contribution in [1.29, 1.82) is 0 Å². The van der Waals surface area contributed by atoms with Gasteiger partial charge in [0.15, 0.2) is 0 Å². The van der Waals surface area contributed by atoms with E-state index in [4.69, 9.17) is 10.5 Å². The van der Waals surface area contributed by atoms with Gasteiger partial charge in [0.25, 0.3) is 0 Å². The SMILES string of the molecule is CCC(N)Cc1cnc(Oc2ccc(Br)cc2Br)nc1. The number of hydrogen-bond donors (Lipinski definition) is 1. The fourth-order valence-corrected chi connectivity index (χ4v) is 2.73. The average molecular weight is 401 g/mol. The molecule has 1 atom stereocenters. The third kappa shape index (κ3) is 4.26. The number of rotatable bonds is 5. The largest absolute Gasteiger partial charge is 0.423 e. The lowest BCUT2D eigenvalue weighted by atomic mass is 10.1. The van der Waals surface area contributed by atoms with E-state index in [1.807, 2.05) is 18.2 Å². The topological polar surface area (TPSA) is 61.0 Å². The Labute approximate surface area is 135 Å². The maximum atomic E-state index is 5.90. The second kappa shape index (κ2) is 7.15. The molecule has 0 aliphatic rings. The number of aromatic nitrogens is 2. The van der Waals surface area contributed by atoms with Crippen LogP contribution in [0.2, 0.25) is 0 Å². The lowest BCUT2D eigenvalue weighted by molar-refractivity contribution is 0.438. The Balaban J connectivity index is 2.07. The summed E-state index contributed by atoms with van der Waals surface area (Å²) >= 11 is 6.83. The van der Waals surface area contributed by atoms with E-state index < -0.39 is 0 Å². The van der Waals surface area contributed by atoms with Crippen molar-refractivity contribution < 1.29 is 4.74 Å². The predicted octanol–water partition coefficient (Wildman–Crippen LogP) is 4.07. The van der Waals surface area contributed by atoms with E-state index in [0.29, 0.717) is 11.8 Å². The number of ether oxygens (including phenoxy) is 1. The van der Waals surface area contributed by atoms with Crippen molar-refractivity contribution in [2.45, 2.75) is 25.8 Å². The maximum absolute atomic E-state index is 5.90. The molecule has 1 unspecified atom stereocenters. The quantitative estimate of drug-likeness (QED) is 0.821. The Bertz CT molecular complexity index is 575. The summed E-state index contributed by atoms with van der Waals surface area (Å²) in [6, 6.07) is 6.12. The van der Waals surface area contributed by atoms with Crippen molar-refractivity contribution >= 4 is 31.9 Å². The first-order valence-corrected chi connectivity index (χ1v) is 7.86. The molecule has 2 aromatic rings. The maximum Gasteiger partial charge on any atom is 0.321 e. The van der Waals surface area contributed by atoms with Crippen molar-refractivity contribution in [2.24, 2.45) is 5.73 Å². The van der Waals surface area contributed by atoms with E-state index in [9.17, 15) is 0 Å². The summed E-state index contributed by atoms with van der Waals surface area (Å²) in [5.74, 6) is 0.672. The van der Waals surface area contributed by atoms with Crippen molar-refractivity contribution in [3.8, 4) is 11.8 Å². The van der Waals surface area contributed by atoms with Gasteiger partial charge in [0.1, 0.15) is 5.75 Å². The first-order valence-electron chi connectivity index (χ1n) is 6.28. The summed E-state index contributed by atoms with van der Waals surface area (Å²) in [6.07, 6.45) is 5.22. The molecule has 0 saturated heterocycles. The van der Waals surface area contributed by atoms with Crippen LogP contribution in [0.4, 0.5) is 0 Å². The van der Waals surface area contributed by atoms with Crippen LogP contribution in [0.25, 0.3) is 0 Å². The van der Waals surface area contributed by atoms with E-state index in [1.165, 1.54) is 0 Å². The van der Waals surface area contributed by atoms with Gasteiger partial charge in [-0.1, -0.05) is 22.9 Å². The van der Waals surface area contributed by atoms with Crippen molar-refractivity contribution in [1.82, 2.24) is 9.97 Å². The number of nitrogens with two attached hydrogens (primary N) is 1. The van der Waals surface area contributed by atoms with Gasteiger partial charge in [-0.05, 0) is 52.5 Å². The molecule has 6 heteroatoms. The molecule has 2 N–H and O–H groups in total. The molecule has 0 bridgehead atoms. The molecule has 4 nitrogen and oxygen atoms in total. The molecule has 20 heavy (non-hydrogen) atoms. The minimum Gasteiger partial charge on any atom is -0.423 e. The van der Waals surface area contributed by atoms with Gasteiger partial charge in [0, 0.05) is 22.9 Å². The Hall–Kier alpha value is -0.980. The highest BCUT2D eigenvalue weighted by atomic mass is 79.9. The molecule has 1 aromatic carbocycles. The summed E-state index contributed by atoms with van der Waals surface area (Å²) < 4.78 is 7.44. The summed E-state index contributed by atoms with van der Waals surface area (Å²) in [6.45, 7) is 2.06. The molecule has 106 valence electrons. The van der Waals surface area contributed by atoms with Crippen LogP contribution in [-0.4, -0.2) is 16.0 Å². The third-order valence-corrected chi connectivity index (χ3v) is 3.91. The van der Waals surface area contributed by atoms with Crippen LogP contribution in [0.5, 0.6) is 11.8 Å². The lowest BCUT2D eigenvalue weighted by Crippen LogP contribution is -2.21. The molecule has 0 aliphatic carbocycles. The summed E-state index contributed by atoms with van der Waals surface area (Å²) in [4.78, 5) is 8.41. The first kappa shape index (κ1) is 15.4. The standard InChI is InChI=1S/C14H15Br2N3O/c1-2-11(17)5-9-7-18-14(19-8-9)20-13-4-3-10(15)6-12(13)16/h3-4,6-8,11H,2,5,17H2,1H3. The second-order valence-corrected chi connectivity index (χ2v) is 6.19. The second-order valence-electron chi connectivity index (χ2n) is 4.42. The van der Waals surface area contributed by atoms with E-state index in [2.05, 4.69) is 48.8 Å². The summed E-state index contributed by atoms with van der Waals surface area (Å²) in [5.41, 5.74) is 6.92. The normalized spacial score (nSPS) is 12.2. The van der Waals surface area contributed by atoms with Crippen LogP contribution in [-0.2, 0) is 6.42 Å². The van der Waals surface area contributed by atoms with Gasteiger partial charge in [-0.2, -0.15) is 0 Å². The fourth-order valence-electron chi connectivity index (χ4n) is 1.60. The lowest BCUT2D eigenvalue weighted by Gasteiger charge is -2.09. The summed E-state index contributed by atoms with van der Waals surface area (Å²) in [5, 5.41) is 0. The molecule has 0 saturated carbocycles. The molecule has 2 rings (SSSR count). The predicted molar refractivity (Wildman–Crippen MR) is 85.9 cm³/mol. The third-order valence-electron chi connectivity index (χ3n) is 2.80. The first-order chi connectivity index (χ1) is 9.58. The van der Waals surface area contributed by atoms with Gasteiger partial charge in [0.05, 0.1) is 4.47 Å². The molecule has 0 spiro atoms. The Morgan fingerprint density at radius 3 is 2.55 bits per heavy atom. The molecule has 1 aromatic heterocycles. The molecule has 0 fully saturated rings. The van der Waals surface area contributed by atoms with Gasteiger partial charge in [-0.25, -0.2) is 9.97 Å². The number of halogens is 2. The van der Waals surface area contributed by atoms with Gasteiger partial charge in [-0.3, -0.25) is 0 Å². The zero-order chi connectivity index (χ0) is 14.5. The summed E-state index contributed by atoms with van der Waals surface area (Å²) in [7, 11) is 0.